The van der Waals surface area contributed by atoms with Gasteiger partial charge in [0.1, 0.15) is 5.82 Å². The van der Waals surface area contributed by atoms with Crippen molar-refractivity contribution in [1.29, 1.82) is 0 Å². The van der Waals surface area contributed by atoms with Gasteiger partial charge in [-0.05, 0) is 42.8 Å². The molecule has 0 atom stereocenters. The summed E-state index contributed by atoms with van der Waals surface area (Å²) in [6.07, 6.45) is 0. The summed E-state index contributed by atoms with van der Waals surface area (Å²) >= 11 is 5.91. The topological polar surface area (TPSA) is 72.2 Å². The fourth-order valence-electron chi connectivity index (χ4n) is 1.80. The van der Waals surface area contributed by atoms with Crippen LogP contribution in [0.1, 0.15) is 11.1 Å². The van der Waals surface area contributed by atoms with Gasteiger partial charge in [0.2, 0.25) is 0 Å². The van der Waals surface area contributed by atoms with E-state index in [0.29, 0.717) is 10.6 Å². The van der Waals surface area contributed by atoms with E-state index in [9.17, 15) is 12.8 Å². The van der Waals surface area contributed by atoms with Crippen LogP contribution in [0.5, 0.6) is 0 Å². The van der Waals surface area contributed by atoms with Crippen molar-refractivity contribution in [3.63, 3.8) is 0 Å². The predicted molar refractivity (Wildman–Crippen MR) is 81.3 cm³/mol. The molecule has 3 N–H and O–H groups in total. The molecule has 21 heavy (non-hydrogen) atoms. The number of hydrogen-bond donors (Lipinski definition) is 2. The quantitative estimate of drug-likeness (QED) is 0.906. The maximum Gasteiger partial charge on any atom is 0.261 e. The van der Waals surface area contributed by atoms with E-state index in [4.69, 9.17) is 17.3 Å². The lowest BCUT2D eigenvalue weighted by molar-refractivity contribution is 0.600. The summed E-state index contributed by atoms with van der Waals surface area (Å²) in [6, 6.07) is 8.44. The summed E-state index contributed by atoms with van der Waals surface area (Å²) in [7, 11) is -3.83. The summed E-state index contributed by atoms with van der Waals surface area (Å²) in [5.41, 5.74) is 6.46. The second-order valence-electron chi connectivity index (χ2n) is 4.48. The molecule has 2 aromatic rings. The molecular formula is C14H14ClFN2O2S. The zero-order valence-corrected chi connectivity index (χ0v) is 12.8. The Hall–Kier alpha value is -1.63. The third-order valence-corrected chi connectivity index (χ3v) is 4.79. The van der Waals surface area contributed by atoms with Crippen LogP contribution >= 0.6 is 11.6 Å². The highest BCUT2D eigenvalue weighted by Crippen LogP contribution is 2.24. The van der Waals surface area contributed by atoms with E-state index in [0.717, 1.165) is 0 Å². The molecule has 0 bridgehead atoms. The molecule has 2 rings (SSSR count). The number of sulfonamides is 1. The number of rotatable bonds is 4. The summed E-state index contributed by atoms with van der Waals surface area (Å²) in [5.74, 6) is -0.478. The molecule has 0 heterocycles. The molecule has 7 heteroatoms. The Morgan fingerprint density at radius 2 is 2.00 bits per heavy atom. The Kier molecular flexibility index (Phi) is 4.51. The van der Waals surface area contributed by atoms with Crippen LogP contribution < -0.4 is 10.5 Å². The van der Waals surface area contributed by atoms with E-state index in [-0.39, 0.29) is 22.7 Å². The molecule has 0 aromatic heterocycles. The lowest BCUT2D eigenvalue weighted by Crippen LogP contribution is -2.14. The minimum Gasteiger partial charge on any atom is -0.326 e. The largest absolute Gasteiger partial charge is 0.326 e. The summed E-state index contributed by atoms with van der Waals surface area (Å²) in [4.78, 5) is 0.0241. The summed E-state index contributed by atoms with van der Waals surface area (Å²) in [6.45, 7) is 1.63. The lowest BCUT2D eigenvalue weighted by atomic mass is 10.2. The average Bonchev–Trinajstić information content (AvgIpc) is 2.44. The molecule has 0 fully saturated rings. The van der Waals surface area contributed by atoms with E-state index in [2.05, 4.69) is 4.72 Å². The molecule has 0 spiro atoms. The lowest BCUT2D eigenvalue weighted by Gasteiger charge is -2.12. The van der Waals surface area contributed by atoms with Crippen LogP contribution in [0.2, 0.25) is 5.02 Å². The van der Waals surface area contributed by atoms with Crippen molar-refractivity contribution in [3.8, 4) is 0 Å². The van der Waals surface area contributed by atoms with Gasteiger partial charge in [0, 0.05) is 17.1 Å². The zero-order valence-electron chi connectivity index (χ0n) is 11.2. The normalized spacial score (nSPS) is 11.4. The van der Waals surface area contributed by atoms with Crippen molar-refractivity contribution in [1.82, 2.24) is 0 Å². The molecule has 0 aliphatic rings. The predicted octanol–water partition coefficient (Wildman–Crippen LogP) is 3.05. The highest BCUT2D eigenvalue weighted by atomic mass is 35.5. The van der Waals surface area contributed by atoms with Gasteiger partial charge in [-0.15, -0.1) is 0 Å². The molecule has 0 aliphatic carbocycles. The number of benzene rings is 2. The van der Waals surface area contributed by atoms with Gasteiger partial charge in [0.15, 0.2) is 0 Å². The molecule has 112 valence electrons. The average molecular weight is 329 g/mol. The first-order valence-electron chi connectivity index (χ1n) is 6.11. The van der Waals surface area contributed by atoms with Crippen LogP contribution in [0.25, 0.3) is 0 Å². The van der Waals surface area contributed by atoms with Gasteiger partial charge >= 0.3 is 0 Å². The standard InChI is InChI=1S/C14H14ClFN2O2S/c1-9-13(16)3-2-4-14(9)18-21(19,20)11-5-6-12(15)10(7-11)8-17/h2-7,18H,8,17H2,1H3. The molecular weight excluding hydrogens is 315 g/mol. The second-order valence-corrected chi connectivity index (χ2v) is 6.56. The van der Waals surface area contributed by atoms with Gasteiger partial charge in [-0.3, -0.25) is 4.72 Å². The summed E-state index contributed by atoms with van der Waals surface area (Å²) < 4.78 is 40.5. The van der Waals surface area contributed by atoms with Gasteiger partial charge in [-0.25, -0.2) is 12.8 Å². The molecule has 2 aromatic carbocycles. The molecule has 0 amide bonds. The molecule has 0 saturated heterocycles. The molecule has 0 saturated carbocycles. The fraction of sp³-hybridized carbons (Fsp3) is 0.143. The van der Waals surface area contributed by atoms with E-state index in [1.807, 2.05) is 0 Å². The van der Waals surface area contributed by atoms with Crippen molar-refractivity contribution >= 4 is 27.3 Å². The van der Waals surface area contributed by atoms with Gasteiger partial charge in [0.05, 0.1) is 10.6 Å². The van der Waals surface area contributed by atoms with Crippen molar-refractivity contribution in [2.24, 2.45) is 5.73 Å². The van der Waals surface area contributed by atoms with E-state index in [1.54, 1.807) is 0 Å². The van der Waals surface area contributed by atoms with E-state index >= 15 is 0 Å². The Bertz CT molecular complexity index is 779. The van der Waals surface area contributed by atoms with Gasteiger partial charge in [0.25, 0.3) is 10.0 Å². The molecule has 0 radical (unpaired) electrons. The Morgan fingerprint density at radius 1 is 1.29 bits per heavy atom. The Balaban J connectivity index is 2.41. The number of anilines is 1. The van der Waals surface area contributed by atoms with Crippen molar-refractivity contribution < 1.29 is 12.8 Å². The Labute approximate surface area is 127 Å². The van der Waals surface area contributed by atoms with Crippen LogP contribution in [-0.2, 0) is 16.6 Å². The van der Waals surface area contributed by atoms with Gasteiger partial charge in [-0.2, -0.15) is 0 Å². The molecule has 0 unspecified atom stereocenters. The third-order valence-electron chi connectivity index (χ3n) is 3.06. The van der Waals surface area contributed by atoms with E-state index in [1.165, 1.54) is 43.3 Å². The van der Waals surface area contributed by atoms with Gasteiger partial charge in [-0.1, -0.05) is 17.7 Å². The first-order chi connectivity index (χ1) is 9.85. The minimum atomic E-state index is -3.83. The van der Waals surface area contributed by atoms with Crippen LogP contribution in [0, 0.1) is 12.7 Å². The number of nitrogens with one attached hydrogen (secondary N) is 1. The monoisotopic (exact) mass is 328 g/mol. The van der Waals surface area contributed by atoms with E-state index < -0.39 is 15.8 Å². The van der Waals surface area contributed by atoms with Crippen molar-refractivity contribution in [2.45, 2.75) is 18.4 Å². The van der Waals surface area contributed by atoms with Crippen LogP contribution in [0.15, 0.2) is 41.3 Å². The van der Waals surface area contributed by atoms with Crippen LogP contribution in [0.4, 0.5) is 10.1 Å². The molecule has 4 nitrogen and oxygen atoms in total. The number of nitrogens with two attached hydrogens (primary N) is 1. The Morgan fingerprint density at radius 3 is 2.67 bits per heavy atom. The highest BCUT2D eigenvalue weighted by molar-refractivity contribution is 7.92. The number of halogens is 2. The molecule has 0 aliphatic heterocycles. The second kappa shape index (κ2) is 6.01. The number of hydrogen-bond acceptors (Lipinski definition) is 3. The van der Waals surface area contributed by atoms with Crippen LogP contribution in [0.3, 0.4) is 0 Å². The minimum absolute atomic E-state index is 0.0241. The van der Waals surface area contributed by atoms with Crippen LogP contribution in [-0.4, -0.2) is 8.42 Å². The summed E-state index contributed by atoms with van der Waals surface area (Å²) in [5, 5.41) is 0.401. The van der Waals surface area contributed by atoms with Crippen molar-refractivity contribution in [3.05, 3.63) is 58.4 Å². The highest BCUT2D eigenvalue weighted by Gasteiger charge is 2.17. The zero-order chi connectivity index (χ0) is 15.6. The smallest absolute Gasteiger partial charge is 0.261 e. The van der Waals surface area contributed by atoms with Crippen molar-refractivity contribution in [2.75, 3.05) is 4.72 Å². The maximum atomic E-state index is 13.5. The first kappa shape index (κ1) is 15.8. The fourth-order valence-corrected chi connectivity index (χ4v) is 3.16. The van der Waals surface area contributed by atoms with Gasteiger partial charge < -0.3 is 5.73 Å². The third kappa shape index (κ3) is 3.34. The first-order valence-corrected chi connectivity index (χ1v) is 7.97. The SMILES string of the molecule is Cc1c(F)cccc1NS(=O)(=O)c1ccc(Cl)c(CN)c1. The maximum absolute atomic E-state index is 13.5.